The molecule has 1 aromatic carbocycles. The molecule has 92 valence electrons. The molecular formula is C12H13ClINO2. The van der Waals surface area contributed by atoms with Crippen molar-refractivity contribution in [2.45, 2.75) is 31.8 Å². The first-order chi connectivity index (χ1) is 8.16. The summed E-state index contributed by atoms with van der Waals surface area (Å²) >= 11 is 7.97. The van der Waals surface area contributed by atoms with Crippen LogP contribution in [0.5, 0.6) is 0 Å². The first-order valence-corrected chi connectivity index (χ1v) is 7.03. The van der Waals surface area contributed by atoms with Crippen LogP contribution in [0.1, 0.15) is 36.0 Å². The number of nitrogens with one attached hydrogen (secondary N) is 1. The molecule has 0 unspecified atom stereocenters. The molecule has 1 saturated carbocycles. The number of carbonyl (C=O) groups excluding carboxylic acids is 1. The first-order valence-electron chi connectivity index (χ1n) is 5.58. The van der Waals surface area contributed by atoms with Gasteiger partial charge in [-0.15, -0.1) is 0 Å². The van der Waals surface area contributed by atoms with Crippen molar-refractivity contribution in [1.29, 1.82) is 0 Å². The number of amides is 1. The first kappa shape index (κ1) is 13.1. The predicted molar refractivity (Wildman–Crippen MR) is 75.0 cm³/mol. The van der Waals surface area contributed by atoms with E-state index >= 15 is 0 Å². The average Bonchev–Trinajstić information content (AvgIpc) is 2.82. The van der Waals surface area contributed by atoms with Gasteiger partial charge in [0.1, 0.15) is 0 Å². The van der Waals surface area contributed by atoms with Gasteiger partial charge in [-0.1, -0.05) is 24.4 Å². The zero-order valence-corrected chi connectivity index (χ0v) is 12.1. The highest BCUT2D eigenvalue weighted by atomic mass is 127. The van der Waals surface area contributed by atoms with Crippen molar-refractivity contribution in [2.75, 3.05) is 0 Å². The van der Waals surface area contributed by atoms with Crippen LogP contribution in [0.15, 0.2) is 18.2 Å². The zero-order valence-electron chi connectivity index (χ0n) is 9.21. The molecule has 0 spiro atoms. The van der Waals surface area contributed by atoms with E-state index in [4.69, 9.17) is 16.4 Å². The van der Waals surface area contributed by atoms with Crippen LogP contribution in [-0.2, 0) is 4.84 Å². The lowest BCUT2D eigenvalue weighted by molar-refractivity contribution is -0.0125. The zero-order chi connectivity index (χ0) is 12.3. The Kier molecular flexibility index (Phi) is 4.64. The van der Waals surface area contributed by atoms with Crippen LogP contribution in [0.3, 0.4) is 0 Å². The summed E-state index contributed by atoms with van der Waals surface area (Å²) in [7, 11) is 0. The molecule has 17 heavy (non-hydrogen) atoms. The second-order valence-electron chi connectivity index (χ2n) is 4.08. The van der Waals surface area contributed by atoms with Gasteiger partial charge in [-0.25, -0.2) is 5.48 Å². The smallest absolute Gasteiger partial charge is 0.270 e. The minimum absolute atomic E-state index is 0.163. The van der Waals surface area contributed by atoms with Gasteiger partial charge in [-0.05, 0) is 53.6 Å². The third kappa shape index (κ3) is 3.56. The summed E-state index contributed by atoms with van der Waals surface area (Å²) in [6, 6.07) is 5.22. The summed E-state index contributed by atoms with van der Waals surface area (Å²) < 4.78 is 0.861. The lowest BCUT2D eigenvalue weighted by Gasteiger charge is -2.12. The molecule has 3 nitrogen and oxygen atoms in total. The summed E-state index contributed by atoms with van der Waals surface area (Å²) in [6.07, 6.45) is 4.56. The van der Waals surface area contributed by atoms with Crippen LogP contribution in [0.25, 0.3) is 0 Å². The molecule has 0 heterocycles. The second kappa shape index (κ2) is 6.02. The van der Waals surface area contributed by atoms with Crippen molar-refractivity contribution < 1.29 is 9.63 Å². The number of rotatable bonds is 3. The SMILES string of the molecule is O=C(NOC1CCCC1)c1cc(Cl)ccc1I. The van der Waals surface area contributed by atoms with E-state index in [1.807, 2.05) is 6.07 Å². The molecule has 1 N–H and O–H groups in total. The fourth-order valence-electron chi connectivity index (χ4n) is 1.87. The van der Waals surface area contributed by atoms with Crippen LogP contribution in [-0.4, -0.2) is 12.0 Å². The molecule has 1 aliphatic carbocycles. The number of hydrogen-bond acceptors (Lipinski definition) is 2. The van der Waals surface area contributed by atoms with Crippen molar-refractivity contribution in [3.8, 4) is 0 Å². The van der Waals surface area contributed by atoms with Gasteiger partial charge in [0.2, 0.25) is 0 Å². The largest absolute Gasteiger partial charge is 0.275 e. The van der Waals surface area contributed by atoms with E-state index in [0.29, 0.717) is 10.6 Å². The van der Waals surface area contributed by atoms with E-state index in [-0.39, 0.29) is 12.0 Å². The van der Waals surface area contributed by atoms with Crippen molar-refractivity contribution in [3.05, 3.63) is 32.4 Å². The topological polar surface area (TPSA) is 38.3 Å². The number of halogens is 2. The van der Waals surface area contributed by atoms with E-state index in [9.17, 15) is 4.79 Å². The Balaban J connectivity index is 1.96. The van der Waals surface area contributed by atoms with Crippen LogP contribution < -0.4 is 5.48 Å². The van der Waals surface area contributed by atoms with Gasteiger partial charge < -0.3 is 0 Å². The van der Waals surface area contributed by atoms with Crippen molar-refractivity contribution in [1.82, 2.24) is 5.48 Å². The maximum Gasteiger partial charge on any atom is 0.275 e. The Labute approximate surface area is 119 Å². The number of hydroxylamine groups is 1. The van der Waals surface area contributed by atoms with Gasteiger partial charge in [0.05, 0.1) is 11.7 Å². The molecular weight excluding hydrogens is 352 g/mol. The van der Waals surface area contributed by atoms with Gasteiger partial charge in [0.15, 0.2) is 0 Å². The molecule has 1 amide bonds. The minimum Gasteiger partial charge on any atom is -0.270 e. The molecule has 2 rings (SSSR count). The monoisotopic (exact) mass is 365 g/mol. The van der Waals surface area contributed by atoms with E-state index in [1.54, 1.807) is 12.1 Å². The summed E-state index contributed by atoms with van der Waals surface area (Å²) in [4.78, 5) is 17.2. The van der Waals surface area contributed by atoms with Gasteiger partial charge in [-0.2, -0.15) is 0 Å². The van der Waals surface area contributed by atoms with Crippen molar-refractivity contribution >= 4 is 40.1 Å². The maximum absolute atomic E-state index is 11.9. The lowest BCUT2D eigenvalue weighted by Crippen LogP contribution is -2.28. The molecule has 0 aliphatic heterocycles. The third-order valence-electron chi connectivity index (χ3n) is 2.79. The molecule has 1 aliphatic rings. The quantitative estimate of drug-likeness (QED) is 0.657. The van der Waals surface area contributed by atoms with Crippen LogP contribution in [0.4, 0.5) is 0 Å². The summed E-state index contributed by atoms with van der Waals surface area (Å²) in [5.74, 6) is -0.233. The second-order valence-corrected chi connectivity index (χ2v) is 5.68. The van der Waals surface area contributed by atoms with Gasteiger partial charge in [0.25, 0.3) is 5.91 Å². The standard InChI is InChI=1S/C12H13ClINO2/c13-8-5-6-11(14)10(7-8)12(16)15-17-9-3-1-2-4-9/h5-7,9H,1-4H2,(H,15,16). The Morgan fingerprint density at radius 1 is 1.41 bits per heavy atom. The molecule has 0 radical (unpaired) electrons. The van der Waals surface area contributed by atoms with E-state index < -0.39 is 0 Å². The third-order valence-corrected chi connectivity index (χ3v) is 3.97. The highest BCUT2D eigenvalue weighted by molar-refractivity contribution is 14.1. The Morgan fingerprint density at radius 2 is 2.12 bits per heavy atom. The van der Waals surface area contributed by atoms with Gasteiger partial charge in [0, 0.05) is 8.59 Å². The van der Waals surface area contributed by atoms with Crippen LogP contribution in [0.2, 0.25) is 5.02 Å². The Morgan fingerprint density at radius 3 is 2.82 bits per heavy atom. The normalized spacial score (nSPS) is 16.1. The highest BCUT2D eigenvalue weighted by Gasteiger charge is 2.18. The van der Waals surface area contributed by atoms with Crippen LogP contribution in [0, 0.1) is 3.57 Å². The molecule has 1 fully saturated rings. The van der Waals surface area contributed by atoms with Crippen molar-refractivity contribution in [3.63, 3.8) is 0 Å². The maximum atomic E-state index is 11.9. The lowest BCUT2D eigenvalue weighted by atomic mass is 10.2. The molecule has 0 bridgehead atoms. The molecule has 0 atom stereocenters. The van der Waals surface area contributed by atoms with E-state index in [2.05, 4.69) is 28.1 Å². The van der Waals surface area contributed by atoms with Gasteiger partial charge in [-0.3, -0.25) is 9.63 Å². The number of benzene rings is 1. The van der Waals surface area contributed by atoms with Crippen molar-refractivity contribution in [2.24, 2.45) is 0 Å². The van der Waals surface area contributed by atoms with Crippen LogP contribution >= 0.6 is 34.2 Å². The predicted octanol–water partition coefficient (Wildman–Crippen LogP) is 3.55. The molecule has 0 saturated heterocycles. The average molecular weight is 366 g/mol. The molecule has 5 heteroatoms. The fourth-order valence-corrected chi connectivity index (χ4v) is 2.62. The summed E-state index contributed by atoms with van der Waals surface area (Å²) in [6.45, 7) is 0. The molecule has 0 aromatic heterocycles. The minimum atomic E-state index is -0.233. The van der Waals surface area contributed by atoms with Gasteiger partial charge >= 0.3 is 0 Å². The van der Waals surface area contributed by atoms with E-state index in [1.165, 1.54) is 12.8 Å². The Bertz CT molecular complexity index is 419. The molecule has 1 aromatic rings. The van der Waals surface area contributed by atoms with E-state index in [0.717, 1.165) is 16.4 Å². The highest BCUT2D eigenvalue weighted by Crippen LogP contribution is 2.21. The number of hydrogen-bond donors (Lipinski definition) is 1. The Hall–Kier alpha value is -0.330. The number of carbonyl (C=O) groups is 1. The fraction of sp³-hybridized carbons (Fsp3) is 0.417. The summed E-state index contributed by atoms with van der Waals surface area (Å²) in [5.41, 5.74) is 3.06. The summed E-state index contributed by atoms with van der Waals surface area (Å²) in [5, 5.41) is 0.552.